The largest absolute Gasteiger partial charge is 0.345 e. The fraction of sp³-hybridized carbons (Fsp3) is 0.556. The lowest BCUT2D eigenvalue weighted by Gasteiger charge is -2.30. The van der Waals surface area contributed by atoms with Gasteiger partial charge in [0.05, 0.1) is 5.75 Å². The van der Waals surface area contributed by atoms with Gasteiger partial charge in [-0.15, -0.1) is 0 Å². The lowest BCUT2D eigenvalue weighted by molar-refractivity contribution is 0.308. The van der Waals surface area contributed by atoms with E-state index in [2.05, 4.69) is 5.10 Å². The Kier molecular flexibility index (Phi) is 4.48. The van der Waals surface area contributed by atoms with Crippen LogP contribution in [-0.4, -0.2) is 40.2 Å². The van der Waals surface area contributed by atoms with Gasteiger partial charge in [0.15, 0.2) is 0 Å². The van der Waals surface area contributed by atoms with Crippen LogP contribution in [0, 0.1) is 0 Å². The Morgan fingerprint density at radius 3 is 2.35 bits per heavy atom. The molecule has 1 aliphatic heterocycles. The van der Waals surface area contributed by atoms with E-state index in [0.717, 1.165) is 24.2 Å². The van der Waals surface area contributed by atoms with E-state index < -0.39 is 10.0 Å². The molecule has 26 heavy (non-hydrogen) atoms. The van der Waals surface area contributed by atoms with Crippen molar-refractivity contribution in [1.82, 2.24) is 18.7 Å². The average Bonchev–Trinajstić information content (AvgIpc) is 3.42. The number of hydrogen-bond acceptors (Lipinski definition) is 4. The normalized spacial score (nSPS) is 19.7. The summed E-state index contributed by atoms with van der Waals surface area (Å²) >= 11 is 0. The molecule has 7 nitrogen and oxygen atoms in total. The van der Waals surface area contributed by atoms with Crippen LogP contribution in [0.15, 0.2) is 35.1 Å². The molecular formula is C18H24N4O3S. The maximum Gasteiger partial charge on any atom is 0.345 e. The Hall–Kier alpha value is -1.93. The summed E-state index contributed by atoms with van der Waals surface area (Å²) in [6, 6.07) is 9.56. The lowest BCUT2D eigenvalue weighted by atomic mass is 9.97. The standard InChI is InChI=1S/C18H24N4O3S/c1-20-18(23)22(16-7-8-16)17(19-20)15-9-11-21(12-10-15)26(24,25)13-14-5-3-2-4-6-14/h2-6,15-16H,7-13H2,1H3. The first-order valence-corrected chi connectivity index (χ1v) is 10.7. The molecule has 8 heteroatoms. The molecule has 2 aliphatic rings. The number of benzene rings is 1. The molecule has 0 spiro atoms. The highest BCUT2D eigenvalue weighted by Crippen LogP contribution is 2.37. The minimum absolute atomic E-state index is 0.0366. The first kappa shape index (κ1) is 17.5. The van der Waals surface area contributed by atoms with E-state index in [1.807, 2.05) is 34.9 Å². The van der Waals surface area contributed by atoms with Crippen LogP contribution in [0.1, 0.15) is 49.0 Å². The highest BCUT2D eigenvalue weighted by atomic mass is 32.2. The number of nitrogens with zero attached hydrogens (tertiary/aromatic N) is 4. The zero-order valence-electron chi connectivity index (χ0n) is 14.9. The predicted molar refractivity (Wildman–Crippen MR) is 98.4 cm³/mol. The van der Waals surface area contributed by atoms with E-state index in [-0.39, 0.29) is 23.4 Å². The van der Waals surface area contributed by atoms with Crippen molar-refractivity contribution in [2.75, 3.05) is 13.1 Å². The molecule has 140 valence electrons. The molecule has 4 rings (SSSR count). The third-order valence-corrected chi connectivity index (χ3v) is 7.15. The molecule has 1 aromatic carbocycles. The van der Waals surface area contributed by atoms with Gasteiger partial charge in [0.2, 0.25) is 10.0 Å². The number of hydrogen-bond donors (Lipinski definition) is 0. The minimum atomic E-state index is -3.32. The van der Waals surface area contributed by atoms with Crippen LogP contribution in [0.25, 0.3) is 0 Å². The van der Waals surface area contributed by atoms with Crippen molar-refractivity contribution in [2.24, 2.45) is 7.05 Å². The summed E-state index contributed by atoms with van der Waals surface area (Å²) in [6.45, 7) is 0.963. The Bertz CT molecular complexity index is 937. The number of piperidine rings is 1. The van der Waals surface area contributed by atoms with E-state index in [1.165, 1.54) is 4.68 Å². The Balaban J connectivity index is 1.46. The number of sulfonamides is 1. The quantitative estimate of drug-likeness (QED) is 0.795. The van der Waals surface area contributed by atoms with Crippen molar-refractivity contribution >= 4 is 10.0 Å². The van der Waals surface area contributed by atoms with Gasteiger partial charge in [-0.25, -0.2) is 22.2 Å². The zero-order chi connectivity index (χ0) is 18.3. The van der Waals surface area contributed by atoms with Gasteiger partial charge in [-0.3, -0.25) is 4.57 Å². The van der Waals surface area contributed by atoms with Crippen molar-refractivity contribution in [2.45, 2.75) is 43.4 Å². The van der Waals surface area contributed by atoms with Crippen LogP contribution in [0.4, 0.5) is 0 Å². The molecule has 0 radical (unpaired) electrons. The summed E-state index contributed by atoms with van der Waals surface area (Å²) < 4.78 is 30.2. The zero-order valence-corrected chi connectivity index (χ0v) is 15.7. The summed E-state index contributed by atoms with van der Waals surface area (Å²) in [4.78, 5) is 12.3. The van der Waals surface area contributed by atoms with Gasteiger partial charge in [-0.05, 0) is 31.2 Å². The van der Waals surface area contributed by atoms with Gasteiger partial charge in [0, 0.05) is 32.1 Å². The van der Waals surface area contributed by atoms with E-state index >= 15 is 0 Å². The second kappa shape index (κ2) is 6.66. The van der Waals surface area contributed by atoms with Crippen LogP contribution >= 0.6 is 0 Å². The Morgan fingerprint density at radius 2 is 1.73 bits per heavy atom. The molecule has 0 unspecified atom stereocenters. The van der Waals surface area contributed by atoms with Crippen LogP contribution in [0.2, 0.25) is 0 Å². The molecule has 2 heterocycles. The van der Waals surface area contributed by atoms with E-state index in [9.17, 15) is 13.2 Å². The smallest absolute Gasteiger partial charge is 0.276 e. The second-order valence-electron chi connectivity index (χ2n) is 7.28. The van der Waals surface area contributed by atoms with E-state index in [0.29, 0.717) is 25.9 Å². The van der Waals surface area contributed by atoms with Crippen molar-refractivity contribution in [1.29, 1.82) is 0 Å². The Morgan fingerprint density at radius 1 is 1.08 bits per heavy atom. The van der Waals surface area contributed by atoms with Gasteiger partial charge < -0.3 is 0 Å². The van der Waals surface area contributed by atoms with Gasteiger partial charge in [-0.2, -0.15) is 5.10 Å². The molecule has 2 fully saturated rings. The van der Waals surface area contributed by atoms with Gasteiger partial charge in [-0.1, -0.05) is 30.3 Å². The molecule has 1 aromatic heterocycles. The molecular weight excluding hydrogens is 352 g/mol. The monoisotopic (exact) mass is 376 g/mol. The molecule has 2 aromatic rings. The molecule has 0 amide bonds. The van der Waals surface area contributed by atoms with Crippen LogP contribution in [-0.2, 0) is 22.8 Å². The van der Waals surface area contributed by atoms with Gasteiger partial charge in [0.1, 0.15) is 5.82 Å². The summed E-state index contributed by atoms with van der Waals surface area (Å²) in [5, 5.41) is 4.45. The molecule has 0 N–H and O–H groups in total. The van der Waals surface area contributed by atoms with Crippen LogP contribution in [0.3, 0.4) is 0 Å². The van der Waals surface area contributed by atoms with E-state index in [4.69, 9.17) is 0 Å². The summed E-state index contributed by atoms with van der Waals surface area (Å²) in [7, 11) is -1.64. The number of aryl methyl sites for hydroxylation is 1. The molecule has 1 saturated carbocycles. The maximum atomic E-state index is 12.7. The average molecular weight is 376 g/mol. The fourth-order valence-electron chi connectivity index (χ4n) is 3.72. The molecule has 0 atom stereocenters. The highest BCUT2D eigenvalue weighted by molar-refractivity contribution is 7.88. The molecule has 1 saturated heterocycles. The topological polar surface area (TPSA) is 77.2 Å². The predicted octanol–water partition coefficient (Wildman–Crippen LogP) is 1.63. The number of rotatable bonds is 5. The van der Waals surface area contributed by atoms with Gasteiger partial charge >= 0.3 is 5.69 Å². The Labute approximate surface area is 153 Å². The minimum Gasteiger partial charge on any atom is -0.276 e. The number of aromatic nitrogens is 3. The van der Waals surface area contributed by atoms with Crippen LogP contribution in [0.5, 0.6) is 0 Å². The first-order valence-electron chi connectivity index (χ1n) is 9.13. The molecule has 0 bridgehead atoms. The van der Waals surface area contributed by atoms with E-state index in [1.54, 1.807) is 11.4 Å². The third kappa shape index (κ3) is 3.35. The third-order valence-electron chi connectivity index (χ3n) is 5.30. The SMILES string of the molecule is Cn1nc(C2CCN(S(=O)(=O)Cc3ccccc3)CC2)n(C2CC2)c1=O. The summed E-state index contributed by atoms with van der Waals surface area (Å²) in [5.41, 5.74) is 0.753. The van der Waals surface area contributed by atoms with Crippen LogP contribution < -0.4 is 5.69 Å². The summed E-state index contributed by atoms with van der Waals surface area (Å²) in [5.74, 6) is 1.02. The molecule has 1 aliphatic carbocycles. The second-order valence-corrected chi connectivity index (χ2v) is 9.25. The van der Waals surface area contributed by atoms with Gasteiger partial charge in [0.25, 0.3) is 0 Å². The highest BCUT2D eigenvalue weighted by Gasteiger charge is 2.35. The summed E-state index contributed by atoms with van der Waals surface area (Å²) in [6.07, 6.45) is 3.47. The van der Waals surface area contributed by atoms with Crippen molar-refractivity contribution in [3.05, 3.63) is 52.2 Å². The first-order chi connectivity index (χ1) is 12.5. The van der Waals surface area contributed by atoms with Crippen molar-refractivity contribution in [3.8, 4) is 0 Å². The maximum absolute atomic E-state index is 12.7. The van der Waals surface area contributed by atoms with Crippen molar-refractivity contribution in [3.63, 3.8) is 0 Å². The fourth-order valence-corrected chi connectivity index (χ4v) is 5.28. The van der Waals surface area contributed by atoms with Crippen molar-refractivity contribution < 1.29 is 8.42 Å². The lowest BCUT2D eigenvalue weighted by Crippen LogP contribution is -2.39.